The molecule has 1 saturated heterocycles. The van der Waals surface area contributed by atoms with Crippen LogP contribution in [0.15, 0.2) is 0 Å². The maximum Gasteiger partial charge on any atom is 0.0844 e. The number of nitrogens with two attached hydrogens (primary N) is 1. The van der Waals surface area contributed by atoms with Crippen molar-refractivity contribution in [3.05, 3.63) is 0 Å². The van der Waals surface area contributed by atoms with Crippen LogP contribution in [0.4, 0.5) is 0 Å². The molecule has 0 aromatic rings. The average molecular weight is 141 g/mol. The van der Waals surface area contributed by atoms with Gasteiger partial charge in [-0.1, -0.05) is 0 Å². The summed E-state index contributed by atoms with van der Waals surface area (Å²) >= 11 is 0. The molecule has 2 rings (SSSR count). The number of fused-ring (bicyclic) bond motifs is 1. The van der Waals surface area contributed by atoms with Crippen molar-refractivity contribution in [2.24, 2.45) is 11.7 Å². The molecule has 0 bridgehead atoms. The van der Waals surface area contributed by atoms with E-state index in [9.17, 15) is 0 Å². The number of rotatable bonds is 2. The molecular weight excluding hydrogens is 126 g/mol. The molecule has 2 heteroatoms. The average Bonchev–Trinajstić information content (AvgIpc) is 2.66. The molecule has 2 nitrogen and oxygen atoms in total. The second-order valence-corrected chi connectivity index (χ2v) is 3.47. The fraction of sp³-hybridized carbons (Fsp3) is 1.00. The van der Waals surface area contributed by atoms with Crippen LogP contribution in [0.25, 0.3) is 0 Å². The first-order valence-corrected chi connectivity index (χ1v) is 4.25. The van der Waals surface area contributed by atoms with Crippen LogP contribution in [0.1, 0.15) is 25.7 Å². The van der Waals surface area contributed by atoms with Gasteiger partial charge in [0.05, 0.1) is 12.2 Å². The molecule has 2 aliphatic rings. The summed E-state index contributed by atoms with van der Waals surface area (Å²) in [6, 6.07) is 0. The molecule has 1 heterocycles. The molecular formula is C8H15NO. The Bertz CT molecular complexity index is 126. The minimum absolute atomic E-state index is 0.630. The smallest absolute Gasteiger partial charge is 0.0844 e. The van der Waals surface area contributed by atoms with Crippen LogP contribution >= 0.6 is 0 Å². The molecule has 2 N–H and O–H groups in total. The van der Waals surface area contributed by atoms with E-state index in [4.69, 9.17) is 10.5 Å². The van der Waals surface area contributed by atoms with Crippen molar-refractivity contribution in [1.29, 1.82) is 0 Å². The van der Waals surface area contributed by atoms with Gasteiger partial charge >= 0.3 is 0 Å². The lowest BCUT2D eigenvalue weighted by molar-refractivity contribution is 0.354. The van der Waals surface area contributed by atoms with E-state index in [1.165, 1.54) is 25.7 Å². The highest BCUT2D eigenvalue weighted by Gasteiger charge is 2.43. The standard InChI is InChI=1S/C8H15NO/c9-4-3-6-1-2-7-8(5-6)10-7/h6-8H,1-5,9H2. The van der Waals surface area contributed by atoms with Crippen molar-refractivity contribution in [2.45, 2.75) is 37.9 Å². The number of ether oxygens (including phenoxy) is 1. The zero-order chi connectivity index (χ0) is 6.97. The Morgan fingerprint density at radius 1 is 1.30 bits per heavy atom. The summed E-state index contributed by atoms with van der Waals surface area (Å²) in [4.78, 5) is 0. The highest BCUT2D eigenvalue weighted by molar-refractivity contribution is 4.91. The summed E-state index contributed by atoms with van der Waals surface area (Å²) in [6.07, 6.45) is 6.39. The van der Waals surface area contributed by atoms with Crippen LogP contribution in [-0.4, -0.2) is 18.8 Å². The van der Waals surface area contributed by atoms with Gasteiger partial charge in [0.25, 0.3) is 0 Å². The third-order valence-electron chi connectivity index (χ3n) is 2.69. The van der Waals surface area contributed by atoms with Gasteiger partial charge in [0.15, 0.2) is 0 Å². The number of epoxide rings is 1. The molecule has 0 aromatic carbocycles. The summed E-state index contributed by atoms with van der Waals surface area (Å²) in [5, 5.41) is 0. The lowest BCUT2D eigenvalue weighted by atomic mass is 9.87. The maximum absolute atomic E-state index is 5.48. The van der Waals surface area contributed by atoms with E-state index >= 15 is 0 Å². The molecule has 58 valence electrons. The third kappa shape index (κ3) is 1.18. The molecule has 0 spiro atoms. The van der Waals surface area contributed by atoms with Crippen LogP contribution in [0.3, 0.4) is 0 Å². The summed E-state index contributed by atoms with van der Waals surface area (Å²) < 4.78 is 5.41. The molecule has 1 aliphatic heterocycles. The molecule has 0 amide bonds. The number of hydrogen-bond donors (Lipinski definition) is 1. The number of hydrogen-bond acceptors (Lipinski definition) is 2. The minimum atomic E-state index is 0.630. The van der Waals surface area contributed by atoms with E-state index in [2.05, 4.69) is 0 Å². The van der Waals surface area contributed by atoms with E-state index in [1.807, 2.05) is 0 Å². The van der Waals surface area contributed by atoms with Gasteiger partial charge in [-0.15, -0.1) is 0 Å². The van der Waals surface area contributed by atoms with Crippen molar-refractivity contribution >= 4 is 0 Å². The Hall–Kier alpha value is -0.0800. The van der Waals surface area contributed by atoms with Crippen LogP contribution in [0, 0.1) is 5.92 Å². The predicted octanol–water partition coefficient (Wildman–Crippen LogP) is 0.903. The van der Waals surface area contributed by atoms with Crippen LogP contribution in [0.5, 0.6) is 0 Å². The normalized spacial score (nSPS) is 44.7. The van der Waals surface area contributed by atoms with Gasteiger partial charge in [0.2, 0.25) is 0 Å². The predicted molar refractivity (Wildman–Crippen MR) is 39.7 cm³/mol. The van der Waals surface area contributed by atoms with Gasteiger partial charge in [0, 0.05) is 0 Å². The van der Waals surface area contributed by atoms with Crippen molar-refractivity contribution in [1.82, 2.24) is 0 Å². The lowest BCUT2D eigenvalue weighted by Gasteiger charge is -2.17. The van der Waals surface area contributed by atoms with Gasteiger partial charge in [-0.25, -0.2) is 0 Å². The third-order valence-corrected chi connectivity index (χ3v) is 2.69. The molecule has 1 aliphatic carbocycles. The second kappa shape index (κ2) is 2.51. The SMILES string of the molecule is NCCC1CCC2OC2C1. The van der Waals surface area contributed by atoms with Crippen LogP contribution < -0.4 is 5.73 Å². The first kappa shape index (κ1) is 6.62. The van der Waals surface area contributed by atoms with Crippen LogP contribution in [-0.2, 0) is 4.74 Å². The molecule has 0 aromatic heterocycles. The summed E-state index contributed by atoms with van der Waals surface area (Å²) in [5.41, 5.74) is 5.48. The fourth-order valence-electron chi connectivity index (χ4n) is 1.98. The zero-order valence-electron chi connectivity index (χ0n) is 6.25. The Balaban J connectivity index is 1.77. The monoisotopic (exact) mass is 141 g/mol. The molecule has 3 unspecified atom stereocenters. The summed E-state index contributed by atoms with van der Waals surface area (Å²) in [7, 11) is 0. The fourth-order valence-corrected chi connectivity index (χ4v) is 1.98. The van der Waals surface area contributed by atoms with E-state index in [0.29, 0.717) is 12.2 Å². The van der Waals surface area contributed by atoms with E-state index in [0.717, 1.165) is 12.5 Å². The minimum Gasteiger partial charge on any atom is -0.370 e. The second-order valence-electron chi connectivity index (χ2n) is 3.47. The summed E-state index contributed by atoms with van der Waals surface area (Å²) in [5.74, 6) is 0.869. The van der Waals surface area contributed by atoms with Crippen molar-refractivity contribution < 1.29 is 4.74 Å². The quantitative estimate of drug-likeness (QED) is 0.580. The first-order valence-electron chi connectivity index (χ1n) is 4.25. The highest BCUT2D eigenvalue weighted by Crippen LogP contribution is 2.40. The first-order chi connectivity index (χ1) is 4.90. The van der Waals surface area contributed by atoms with Gasteiger partial charge in [-0.2, -0.15) is 0 Å². The molecule has 1 saturated carbocycles. The largest absolute Gasteiger partial charge is 0.370 e. The Kier molecular flexibility index (Phi) is 1.66. The Morgan fingerprint density at radius 3 is 2.90 bits per heavy atom. The summed E-state index contributed by atoms with van der Waals surface area (Å²) in [6.45, 7) is 0.849. The Morgan fingerprint density at radius 2 is 2.20 bits per heavy atom. The zero-order valence-corrected chi connectivity index (χ0v) is 6.25. The van der Waals surface area contributed by atoms with Crippen molar-refractivity contribution in [3.8, 4) is 0 Å². The van der Waals surface area contributed by atoms with Crippen molar-refractivity contribution in [2.75, 3.05) is 6.54 Å². The van der Waals surface area contributed by atoms with Gasteiger partial charge < -0.3 is 10.5 Å². The molecule has 0 radical (unpaired) electrons. The molecule has 3 atom stereocenters. The maximum atomic E-state index is 5.48. The lowest BCUT2D eigenvalue weighted by Crippen LogP contribution is -2.16. The topological polar surface area (TPSA) is 38.5 Å². The van der Waals surface area contributed by atoms with Gasteiger partial charge in [-0.3, -0.25) is 0 Å². The Labute approximate surface area is 61.7 Å². The molecule has 2 fully saturated rings. The highest BCUT2D eigenvalue weighted by atomic mass is 16.6. The van der Waals surface area contributed by atoms with E-state index in [1.54, 1.807) is 0 Å². The van der Waals surface area contributed by atoms with Gasteiger partial charge in [-0.05, 0) is 38.1 Å². The molecule has 10 heavy (non-hydrogen) atoms. The van der Waals surface area contributed by atoms with E-state index < -0.39 is 0 Å². The van der Waals surface area contributed by atoms with Crippen LogP contribution in [0.2, 0.25) is 0 Å². The van der Waals surface area contributed by atoms with Crippen molar-refractivity contribution in [3.63, 3.8) is 0 Å². The van der Waals surface area contributed by atoms with Gasteiger partial charge in [0.1, 0.15) is 0 Å². The van der Waals surface area contributed by atoms with E-state index in [-0.39, 0.29) is 0 Å².